The average molecular weight is 407 g/mol. The number of hydrogen-bond acceptors (Lipinski definition) is 0. The van der Waals surface area contributed by atoms with Crippen LogP contribution in [0.2, 0.25) is 0 Å². The summed E-state index contributed by atoms with van der Waals surface area (Å²) in [5, 5.41) is 10.5. The number of hydrogen-bond donors (Lipinski definition) is 0. The van der Waals surface area contributed by atoms with Gasteiger partial charge in [0.25, 0.3) is 0 Å². The van der Waals surface area contributed by atoms with Gasteiger partial charge in [-0.15, -0.1) is 0 Å². The number of rotatable bonds is 1. The number of benzene rings is 6. The van der Waals surface area contributed by atoms with Crippen LogP contribution in [0.1, 0.15) is 0 Å². The quantitative estimate of drug-likeness (QED) is 0.241. The van der Waals surface area contributed by atoms with E-state index in [1.54, 1.807) is 0 Å². The molecule has 0 saturated carbocycles. The summed E-state index contributed by atoms with van der Waals surface area (Å²) in [4.78, 5) is 0. The highest BCUT2D eigenvalue weighted by Gasteiger charge is 2.13. The standard InChI is InChI=1S/C26H15Br/c27-24-15-14-20(19-6-1-2-7-22(19)24)21-12-10-18-9-8-16-4-3-5-17-11-13-23(21)26(18)25(16)17/h1-15H. The van der Waals surface area contributed by atoms with Crippen molar-refractivity contribution in [1.82, 2.24) is 0 Å². The zero-order valence-corrected chi connectivity index (χ0v) is 16.1. The minimum absolute atomic E-state index is 1.14. The molecule has 6 rings (SSSR count). The first-order valence-corrected chi connectivity index (χ1v) is 9.95. The molecule has 0 spiro atoms. The van der Waals surface area contributed by atoms with E-state index in [9.17, 15) is 0 Å². The Labute approximate surface area is 165 Å². The largest absolute Gasteiger partial charge is 0.0616 e. The van der Waals surface area contributed by atoms with Gasteiger partial charge in [0.2, 0.25) is 0 Å². The third-order valence-electron chi connectivity index (χ3n) is 5.69. The molecule has 0 aliphatic rings. The maximum atomic E-state index is 3.71. The van der Waals surface area contributed by atoms with Crippen molar-refractivity contribution in [2.45, 2.75) is 0 Å². The lowest BCUT2D eigenvalue weighted by molar-refractivity contribution is 1.68. The number of halogens is 1. The average Bonchev–Trinajstić information content (AvgIpc) is 2.73. The van der Waals surface area contributed by atoms with E-state index in [-0.39, 0.29) is 0 Å². The van der Waals surface area contributed by atoms with Gasteiger partial charge in [-0.2, -0.15) is 0 Å². The fraction of sp³-hybridized carbons (Fsp3) is 0. The van der Waals surface area contributed by atoms with E-state index in [0.717, 1.165) is 4.47 Å². The highest BCUT2D eigenvalue weighted by Crippen LogP contribution is 2.41. The molecule has 1 heteroatoms. The Morgan fingerprint density at radius 1 is 0.407 bits per heavy atom. The van der Waals surface area contributed by atoms with E-state index in [0.29, 0.717) is 0 Å². The zero-order valence-electron chi connectivity index (χ0n) is 14.5. The molecule has 0 heterocycles. The monoisotopic (exact) mass is 406 g/mol. The van der Waals surface area contributed by atoms with Gasteiger partial charge in [-0.25, -0.2) is 0 Å². The van der Waals surface area contributed by atoms with Crippen molar-refractivity contribution in [3.63, 3.8) is 0 Å². The molecular formula is C26H15Br. The van der Waals surface area contributed by atoms with Crippen molar-refractivity contribution in [2.75, 3.05) is 0 Å². The minimum Gasteiger partial charge on any atom is -0.0616 e. The molecule has 126 valence electrons. The van der Waals surface area contributed by atoms with Crippen molar-refractivity contribution in [1.29, 1.82) is 0 Å². The van der Waals surface area contributed by atoms with Gasteiger partial charge in [-0.1, -0.05) is 101 Å². The summed E-state index contributed by atoms with van der Waals surface area (Å²) < 4.78 is 1.14. The van der Waals surface area contributed by atoms with Crippen LogP contribution in [0, 0.1) is 0 Å². The molecule has 0 nitrogen and oxygen atoms in total. The summed E-state index contributed by atoms with van der Waals surface area (Å²) in [6, 6.07) is 33.1. The molecule has 0 saturated heterocycles. The highest BCUT2D eigenvalue weighted by molar-refractivity contribution is 9.10. The fourth-order valence-electron chi connectivity index (χ4n) is 4.47. The van der Waals surface area contributed by atoms with E-state index < -0.39 is 0 Å². The number of fused-ring (bicyclic) bond motifs is 1. The first-order chi connectivity index (χ1) is 13.3. The molecule has 0 aromatic heterocycles. The van der Waals surface area contributed by atoms with Gasteiger partial charge in [0, 0.05) is 4.47 Å². The first-order valence-electron chi connectivity index (χ1n) is 9.15. The lowest BCUT2D eigenvalue weighted by Gasteiger charge is -2.15. The maximum Gasteiger partial charge on any atom is 0.0254 e. The third-order valence-corrected chi connectivity index (χ3v) is 6.38. The molecule has 0 bridgehead atoms. The van der Waals surface area contributed by atoms with E-state index >= 15 is 0 Å². The Morgan fingerprint density at radius 3 is 1.81 bits per heavy atom. The lowest BCUT2D eigenvalue weighted by Crippen LogP contribution is -1.88. The fourth-order valence-corrected chi connectivity index (χ4v) is 4.95. The van der Waals surface area contributed by atoms with Crippen molar-refractivity contribution < 1.29 is 0 Å². The van der Waals surface area contributed by atoms with Gasteiger partial charge in [-0.05, 0) is 60.3 Å². The predicted molar refractivity (Wildman–Crippen MR) is 121 cm³/mol. The second-order valence-electron chi connectivity index (χ2n) is 7.11. The first kappa shape index (κ1) is 15.2. The van der Waals surface area contributed by atoms with Crippen LogP contribution < -0.4 is 0 Å². The van der Waals surface area contributed by atoms with Gasteiger partial charge in [0.15, 0.2) is 0 Å². The van der Waals surface area contributed by atoms with Crippen LogP contribution in [0.4, 0.5) is 0 Å². The summed E-state index contributed by atoms with van der Waals surface area (Å²) in [7, 11) is 0. The molecule has 0 N–H and O–H groups in total. The molecule has 0 amide bonds. The van der Waals surface area contributed by atoms with Crippen molar-refractivity contribution in [3.8, 4) is 11.1 Å². The predicted octanol–water partition coefficient (Wildman–Crippen LogP) is 8.17. The molecule has 0 atom stereocenters. The second-order valence-corrected chi connectivity index (χ2v) is 7.96. The van der Waals surface area contributed by atoms with Crippen LogP contribution in [0.25, 0.3) is 54.2 Å². The molecule has 0 unspecified atom stereocenters. The summed E-state index contributed by atoms with van der Waals surface area (Å²) in [6.45, 7) is 0. The normalized spacial score (nSPS) is 11.9. The van der Waals surface area contributed by atoms with E-state index in [1.807, 2.05) is 0 Å². The molecular weight excluding hydrogens is 392 g/mol. The van der Waals surface area contributed by atoms with E-state index in [2.05, 4.69) is 107 Å². The van der Waals surface area contributed by atoms with E-state index in [4.69, 9.17) is 0 Å². The summed E-state index contributed by atoms with van der Waals surface area (Å²) in [5.74, 6) is 0. The molecule has 0 fully saturated rings. The zero-order chi connectivity index (χ0) is 18.0. The van der Waals surface area contributed by atoms with Gasteiger partial charge in [0.05, 0.1) is 0 Å². The van der Waals surface area contributed by atoms with Crippen LogP contribution in [0.3, 0.4) is 0 Å². The summed E-state index contributed by atoms with van der Waals surface area (Å²) in [5.41, 5.74) is 2.58. The molecule has 0 radical (unpaired) electrons. The molecule has 6 aromatic rings. The van der Waals surface area contributed by atoms with Gasteiger partial charge in [-0.3, -0.25) is 0 Å². The summed E-state index contributed by atoms with van der Waals surface area (Å²) in [6.07, 6.45) is 0. The second kappa shape index (κ2) is 5.55. The maximum absolute atomic E-state index is 3.71. The van der Waals surface area contributed by atoms with Crippen LogP contribution in [-0.2, 0) is 0 Å². The Kier molecular flexibility index (Phi) is 3.12. The van der Waals surface area contributed by atoms with Crippen LogP contribution >= 0.6 is 15.9 Å². The van der Waals surface area contributed by atoms with Gasteiger partial charge in [0.1, 0.15) is 0 Å². The Hall–Kier alpha value is -2.90. The Bertz CT molecular complexity index is 1460. The molecule has 6 aromatic carbocycles. The van der Waals surface area contributed by atoms with Crippen molar-refractivity contribution in [3.05, 3.63) is 95.5 Å². The van der Waals surface area contributed by atoms with Crippen LogP contribution in [0.5, 0.6) is 0 Å². The SMILES string of the molecule is Brc1ccc(-c2ccc3ccc4cccc5ccc2c3c45)c2ccccc12. The van der Waals surface area contributed by atoms with Crippen molar-refractivity contribution >= 4 is 59.0 Å². The molecule has 0 aliphatic carbocycles. The highest BCUT2D eigenvalue weighted by atomic mass is 79.9. The minimum atomic E-state index is 1.14. The van der Waals surface area contributed by atoms with Gasteiger partial charge >= 0.3 is 0 Å². The molecule has 27 heavy (non-hydrogen) atoms. The van der Waals surface area contributed by atoms with E-state index in [1.165, 1.54) is 54.2 Å². The third kappa shape index (κ3) is 2.09. The van der Waals surface area contributed by atoms with Gasteiger partial charge < -0.3 is 0 Å². The van der Waals surface area contributed by atoms with Crippen molar-refractivity contribution in [2.24, 2.45) is 0 Å². The topological polar surface area (TPSA) is 0 Å². The smallest absolute Gasteiger partial charge is 0.0254 e. The van der Waals surface area contributed by atoms with Crippen LogP contribution in [0.15, 0.2) is 95.5 Å². The summed E-state index contributed by atoms with van der Waals surface area (Å²) >= 11 is 3.71. The van der Waals surface area contributed by atoms with Crippen LogP contribution in [-0.4, -0.2) is 0 Å². The molecule has 0 aliphatic heterocycles. The Morgan fingerprint density at radius 2 is 1.00 bits per heavy atom. The Balaban J connectivity index is 1.81. The lowest BCUT2D eigenvalue weighted by atomic mass is 9.88.